The van der Waals surface area contributed by atoms with Gasteiger partial charge in [-0.2, -0.15) is 5.10 Å². The van der Waals surface area contributed by atoms with Gasteiger partial charge in [-0.1, -0.05) is 0 Å². The van der Waals surface area contributed by atoms with Gasteiger partial charge in [-0.25, -0.2) is 9.50 Å². The summed E-state index contributed by atoms with van der Waals surface area (Å²) in [6, 6.07) is 10.6. The summed E-state index contributed by atoms with van der Waals surface area (Å²) in [6.45, 7) is 1.86. The van der Waals surface area contributed by atoms with Crippen LogP contribution >= 0.6 is 0 Å². The van der Waals surface area contributed by atoms with Crippen LogP contribution < -0.4 is 10.1 Å². The van der Waals surface area contributed by atoms with E-state index in [1.54, 1.807) is 43.6 Å². The fourth-order valence-electron chi connectivity index (χ4n) is 2.05. The van der Waals surface area contributed by atoms with E-state index in [9.17, 15) is 4.79 Å². The van der Waals surface area contributed by atoms with Gasteiger partial charge in [0, 0.05) is 18.0 Å². The van der Waals surface area contributed by atoms with Crippen LogP contribution in [0.2, 0.25) is 0 Å². The van der Waals surface area contributed by atoms with Crippen LogP contribution in [0.25, 0.3) is 5.65 Å². The number of benzene rings is 1. The van der Waals surface area contributed by atoms with Crippen molar-refractivity contribution < 1.29 is 9.53 Å². The SMILES string of the molecule is COc1ccc(NC(=O)c2ccnc3cc(C)nn23)cc1. The van der Waals surface area contributed by atoms with Crippen molar-refractivity contribution in [2.75, 3.05) is 12.4 Å². The van der Waals surface area contributed by atoms with Crippen LogP contribution in [0.4, 0.5) is 5.69 Å². The fraction of sp³-hybridized carbons (Fsp3) is 0.133. The fourth-order valence-corrected chi connectivity index (χ4v) is 2.05. The maximum absolute atomic E-state index is 12.4. The number of hydrogen-bond donors (Lipinski definition) is 1. The molecule has 3 rings (SSSR count). The number of methoxy groups -OCH3 is 1. The van der Waals surface area contributed by atoms with E-state index in [-0.39, 0.29) is 5.91 Å². The molecule has 0 atom stereocenters. The molecule has 0 bridgehead atoms. The number of carbonyl (C=O) groups is 1. The minimum atomic E-state index is -0.240. The van der Waals surface area contributed by atoms with Crippen molar-refractivity contribution in [3.05, 3.63) is 54.0 Å². The molecular weight excluding hydrogens is 268 g/mol. The third kappa shape index (κ3) is 2.55. The molecule has 0 aliphatic heterocycles. The summed E-state index contributed by atoms with van der Waals surface area (Å²) in [5.74, 6) is 0.498. The average molecular weight is 282 g/mol. The highest BCUT2D eigenvalue weighted by Gasteiger charge is 2.12. The molecule has 6 nitrogen and oxygen atoms in total. The molecule has 0 unspecified atom stereocenters. The predicted molar refractivity (Wildman–Crippen MR) is 78.7 cm³/mol. The molecular formula is C15H14N4O2. The van der Waals surface area contributed by atoms with Crippen molar-refractivity contribution in [1.29, 1.82) is 0 Å². The number of anilines is 1. The molecule has 0 saturated heterocycles. The summed E-state index contributed by atoms with van der Waals surface area (Å²) >= 11 is 0. The zero-order valence-electron chi connectivity index (χ0n) is 11.7. The van der Waals surface area contributed by atoms with Crippen molar-refractivity contribution in [3.8, 4) is 5.75 Å². The number of aryl methyl sites for hydroxylation is 1. The summed E-state index contributed by atoms with van der Waals surface area (Å²) in [5, 5.41) is 7.10. The van der Waals surface area contributed by atoms with E-state index in [2.05, 4.69) is 15.4 Å². The number of nitrogens with zero attached hydrogens (tertiary/aromatic N) is 3. The highest BCUT2D eigenvalue weighted by molar-refractivity contribution is 6.03. The molecule has 1 amide bonds. The number of fused-ring (bicyclic) bond motifs is 1. The van der Waals surface area contributed by atoms with Gasteiger partial charge in [0.15, 0.2) is 5.65 Å². The zero-order chi connectivity index (χ0) is 14.8. The van der Waals surface area contributed by atoms with Gasteiger partial charge in [-0.3, -0.25) is 4.79 Å². The van der Waals surface area contributed by atoms with Gasteiger partial charge in [-0.05, 0) is 37.3 Å². The molecule has 0 radical (unpaired) electrons. The molecule has 0 aliphatic carbocycles. The molecule has 1 N–H and O–H groups in total. The maximum Gasteiger partial charge on any atom is 0.274 e. The molecule has 0 aliphatic rings. The Morgan fingerprint density at radius 3 is 2.71 bits per heavy atom. The summed E-state index contributed by atoms with van der Waals surface area (Å²) in [5.41, 5.74) is 2.58. The van der Waals surface area contributed by atoms with Gasteiger partial charge in [0.25, 0.3) is 5.91 Å². The van der Waals surface area contributed by atoms with Crippen LogP contribution in [-0.2, 0) is 0 Å². The normalized spacial score (nSPS) is 10.6. The highest BCUT2D eigenvalue weighted by Crippen LogP contribution is 2.16. The largest absolute Gasteiger partial charge is 0.497 e. The second-order valence-electron chi connectivity index (χ2n) is 4.57. The summed E-state index contributed by atoms with van der Waals surface area (Å²) in [4.78, 5) is 16.5. The lowest BCUT2D eigenvalue weighted by Crippen LogP contribution is -2.16. The van der Waals surface area contributed by atoms with Crippen LogP contribution in [0.15, 0.2) is 42.6 Å². The Hall–Kier alpha value is -2.89. The van der Waals surface area contributed by atoms with Crippen molar-refractivity contribution in [2.24, 2.45) is 0 Å². The van der Waals surface area contributed by atoms with Crippen LogP contribution in [0.5, 0.6) is 5.75 Å². The first kappa shape index (κ1) is 13.1. The van der Waals surface area contributed by atoms with Crippen LogP contribution in [0, 0.1) is 6.92 Å². The second kappa shape index (κ2) is 5.24. The van der Waals surface area contributed by atoms with Crippen molar-refractivity contribution in [2.45, 2.75) is 6.92 Å². The van der Waals surface area contributed by atoms with E-state index in [4.69, 9.17) is 4.74 Å². The zero-order valence-corrected chi connectivity index (χ0v) is 11.7. The number of hydrogen-bond acceptors (Lipinski definition) is 4. The molecule has 106 valence electrons. The maximum atomic E-state index is 12.4. The Morgan fingerprint density at radius 2 is 2.00 bits per heavy atom. The lowest BCUT2D eigenvalue weighted by molar-refractivity contribution is 0.102. The Kier molecular flexibility index (Phi) is 3.27. The standard InChI is InChI=1S/C15H14N4O2/c1-10-9-14-16-8-7-13(19(14)18-10)15(20)17-11-3-5-12(21-2)6-4-11/h3-9H,1-2H3,(H,17,20). The molecule has 0 fully saturated rings. The molecule has 1 aromatic carbocycles. The first-order chi connectivity index (χ1) is 10.2. The number of nitrogens with one attached hydrogen (secondary N) is 1. The Morgan fingerprint density at radius 1 is 1.24 bits per heavy atom. The first-order valence-electron chi connectivity index (χ1n) is 6.44. The van der Waals surface area contributed by atoms with E-state index < -0.39 is 0 Å². The van der Waals surface area contributed by atoms with Crippen molar-refractivity contribution in [1.82, 2.24) is 14.6 Å². The molecule has 21 heavy (non-hydrogen) atoms. The third-order valence-corrected chi connectivity index (χ3v) is 3.06. The lowest BCUT2D eigenvalue weighted by Gasteiger charge is -2.07. The number of aromatic nitrogens is 3. The van der Waals surface area contributed by atoms with Crippen LogP contribution in [0.3, 0.4) is 0 Å². The lowest BCUT2D eigenvalue weighted by atomic mass is 10.3. The Bertz CT molecular complexity index is 793. The van der Waals surface area contributed by atoms with Gasteiger partial charge in [0.2, 0.25) is 0 Å². The highest BCUT2D eigenvalue weighted by atomic mass is 16.5. The van der Waals surface area contributed by atoms with Crippen LogP contribution in [-0.4, -0.2) is 27.6 Å². The molecule has 2 aromatic heterocycles. The summed E-state index contributed by atoms with van der Waals surface area (Å²) in [7, 11) is 1.60. The monoisotopic (exact) mass is 282 g/mol. The predicted octanol–water partition coefficient (Wildman–Crippen LogP) is 2.30. The van der Waals surface area contributed by atoms with E-state index in [0.717, 1.165) is 11.4 Å². The second-order valence-corrected chi connectivity index (χ2v) is 4.57. The molecule has 0 spiro atoms. The van der Waals surface area contributed by atoms with Gasteiger partial charge < -0.3 is 10.1 Å². The van der Waals surface area contributed by atoms with Gasteiger partial charge in [-0.15, -0.1) is 0 Å². The van der Waals surface area contributed by atoms with Gasteiger partial charge >= 0.3 is 0 Å². The number of amides is 1. The molecule has 0 saturated carbocycles. The Balaban J connectivity index is 1.89. The van der Waals surface area contributed by atoms with E-state index in [1.807, 2.05) is 13.0 Å². The summed E-state index contributed by atoms with van der Waals surface area (Å²) < 4.78 is 6.62. The van der Waals surface area contributed by atoms with Gasteiger partial charge in [0.1, 0.15) is 11.4 Å². The number of ether oxygens (including phenoxy) is 1. The van der Waals surface area contributed by atoms with E-state index in [0.29, 0.717) is 17.0 Å². The molecule has 3 aromatic rings. The first-order valence-corrected chi connectivity index (χ1v) is 6.44. The van der Waals surface area contributed by atoms with Gasteiger partial charge in [0.05, 0.1) is 12.8 Å². The summed E-state index contributed by atoms with van der Waals surface area (Å²) in [6.07, 6.45) is 1.60. The minimum Gasteiger partial charge on any atom is -0.497 e. The number of carbonyl (C=O) groups excluding carboxylic acids is 1. The molecule has 2 heterocycles. The smallest absolute Gasteiger partial charge is 0.274 e. The van der Waals surface area contributed by atoms with Crippen molar-refractivity contribution >= 4 is 17.2 Å². The van der Waals surface area contributed by atoms with E-state index in [1.165, 1.54) is 4.52 Å². The Labute approximate surface area is 121 Å². The number of rotatable bonds is 3. The van der Waals surface area contributed by atoms with E-state index >= 15 is 0 Å². The topological polar surface area (TPSA) is 68.5 Å². The quantitative estimate of drug-likeness (QED) is 0.800. The van der Waals surface area contributed by atoms with Crippen LogP contribution in [0.1, 0.15) is 16.2 Å². The van der Waals surface area contributed by atoms with Crippen molar-refractivity contribution in [3.63, 3.8) is 0 Å². The third-order valence-electron chi connectivity index (χ3n) is 3.06. The average Bonchev–Trinajstić information content (AvgIpc) is 2.87. The minimum absolute atomic E-state index is 0.240. The molecule has 6 heteroatoms.